The van der Waals surface area contributed by atoms with Crippen LogP contribution in [0.5, 0.6) is 11.5 Å². The summed E-state index contributed by atoms with van der Waals surface area (Å²) in [7, 11) is -1.56. The smallest absolute Gasteiger partial charge is 0.264 e. The molecule has 0 aliphatic heterocycles. The number of hydrogen-bond acceptors (Lipinski definition) is 6. The minimum Gasteiger partial charge on any atom is -0.493 e. The molecular formula is C31H38FN3O6S. The third-order valence-corrected chi connectivity index (χ3v) is 8.64. The lowest BCUT2D eigenvalue weighted by molar-refractivity contribution is -0.140. The number of carbonyl (C=O) groups is 2. The van der Waals surface area contributed by atoms with Gasteiger partial charge in [0.05, 0.1) is 24.8 Å². The van der Waals surface area contributed by atoms with Crippen LogP contribution < -0.4 is 19.1 Å². The van der Waals surface area contributed by atoms with E-state index in [0.29, 0.717) is 18.7 Å². The molecule has 226 valence electrons. The Bertz CT molecular complexity index is 1480. The summed E-state index contributed by atoms with van der Waals surface area (Å²) in [6.07, 6.45) is 1.03. The van der Waals surface area contributed by atoms with E-state index in [1.807, 2.05) is 38.1 Å². The Balaban J connectivity index is 2.10. The SMILES string of the molecule is CCCNC(=O)[C@@H](CC)N(Cc1ccccc1C)C(=O)CN(c1ccc(F)cc1)S(=O)(=O)c1ccc(OC)c(OC)c1. The number of amides is 2. The van der Waals surface area contributed by atoms with Crippen molar-refractivity contribution in [3.05, 3.63) is 83.7 Å². The molecule has 0 fully saturated rings. The average Bonchev–Trinajstić information content (AvgIpc) is 2.99. The molecule has 0 radical (unpaired) electrons. The van der Waals surface area contributed by atoms with Crippen LogP contribution in [0.25, 0.3) is 0 Å². The summed E-state index contributed by atoms with van der Waals surface area (Å²) in [6.45, 7) is 5.53. The highest BCUT2D eigenvalue weighted by atomic mass is 32.2. The van der Waals surface area contributed by atoms with Crippen LogP contribution in [0.3, 0.4) is 0 Å². The highest BCUT2D eigenvalue weighted by molar-refractivity contribution is 7.92. The lowest BCUT2D eigenvalue weighted by atomic mass is 10.1. The lowest BCUT2D eigenvalue weighted by Gasteiger charge is -2.33. The number of ether oxygens (including phenoxy) is 2. The number of sulfonamides is 1. The number of rotatable bonds is 14. The number of benzene rings is 3. The van der Waals surface area contributed by atoms with Crippen LogP contribution in [0, 0.1) is 12.7 Å². The van der Waals surface area contributed by atoms with E-state index < -0.39 is 34.3 Å². The van der Waals surface area contributed by atoms with Gasteiger partial charge < -0.3 is 19.7 Å². The van der Waals surface area contributed by atoms with Crippen molar-refractivity contribution in [1.29, 1.82) is 0 Å². The highest BCUT2D eigenvalue weighted by Crippen LogP contribution is 2.32. The summed E-state index contributed by atoms with van der Waals surface area (Å²) in [5.41, 5.74) is 1.83. The van der Waals surface area contributed by atoms with Crippen LogP contribution in [0.4, 0.5) is 10.1 Å². The maximum absolute atomic E-state index is 14.1. The predicted molar refractivity (Wildman–Crippen MR) is 160 cm³/mol. The van der Waals surface area contributed by atoms with Crippen LogP contribution in [0.2, 0.25) is 0 Å². The molecule has 0 saturated carbocycles. The summed E-state index contributed by atoms with van der Waals surface area (Å²) >= 11 is 0. The number of aryl methyl sites for hydroxylation is 1. The summed E-state index contributed by atoms with van der Waals surface area (Å²) in [4.78, 5) is 28.6. The van der Waals surface area contributed by atoms with Gasteiger partial charge in [-0.3, -0.25) is 13.9 Å². The summed E-state index contributed by atoms with van der Waals surface area (Å²) in [6, 6.07) is 15.6. The second-order valence-electron chi connectivity index (χ2n) is 9.67. The molecule has 42 heavy (non-hydrogen) atoms. The van der Waals surface area contributed by atoms with E-state index in [1.165, 1.54) is 49.5 Å². The molecule has 0 aromatic heterocycles. The molecule has 1 N–H and O–H groups in total. The van der Waals surface area contributed by atoms with Gasteiger partial charge in [0.25, 0.3) is 10.0 Å². The maximum atomic E-state index is 14.1. The Morgan fingerprint density at radius 3 is 2.21 bits per heavy atom. The van der Waals surface area contributed by atoms with E-state index in [0.717, 1.165) is 34.0 Å². The monoisotopic (exact) mass is 599 g/mol. The van der Waals surface area contributed by atoms with Crippen molar-refractivity contribution < 1.29 is 31.9 Å². The van der Waals surface area contributed by atoms with Crippen LogP contribution >= 0.6 is 0 Å². The Labute approximate surface area is 247 Å². The van der Waals surface area contributed by atoms with E-state index in [1.54, 1.807) is 6.92 Å². The predicted octanol–water partition coefficient (Wildman–Crippen LogP) is 4.68. The third-order valence-electron chi connectivity index (χ3n) is 6.87. The van der Waals surface area contributed by atoms with Crippen molar-refractivity contribution in [2.75, 3.05) is 31.6 Å². The second-order valence-corrected chi connectivity index (χ2v) is 11.5. The molecule has 0 saturated heterocycles. The van der Waals surface area contributed by atoms with Gasteiger partial charge in [0.2, 0.25) is 11.8 Å². The van der Waals surface area contributed by atoms with Gasteiger partial charge in [-0.1, -0.05) is 38.1 Å². The average molecular weight is 600 g/mol. The van der Waals surface area contributed by atoms with Crippen molar-refractivity contribution in [3.63, 3.8) is 0 Å². The number of halogens is 1. The Hall–Kier alpha value is -4.12. The van der Waals surface area contributed by atoms with Gasteiger partial charge in [0.1, 0.15) is 18.4 Å². The number of hydrogen-bond donors (Lipinski definition) is 1. The van der Waals surface area contributed by atoms with Gasteiger partial charge in [0.15, 0.2) is 11.5 Å². The molecule has 2 amide bonds. The van der Waals surface area contributed by atoms with Crippen molar-refractivity contribution >= 4 is 27.5 Å². The number of anilines is 1. The Morgan fingerprint density at radius 2 is 1.62 bits per heavy atom. The third kappa shape index (κ3) is 7.58. The Kier molecular flexibility index (Phi) is 11.3. The Morgan fingerprint density at radius 1 is 0.952 bits per heavy atom. The number of carbonyl (C=O) groups excluding carboxylic acids is 2. The van der Waals surface area contributed by atoms with Crippen LogP contribution in [0.15, 0.2) is 71.6 Å². The largest absolute Gasteiger partial charge is 0.493 e. The van der Waals surface area contributed by atoms with Crippen molar-refractivity contribution in [3.8, 4) is 11.5 Å². The first-order valence-corrected chi connectivity index (χ1v) is 15.1. The van der Waals surface area contributed by atoms with Gasteiger partial charge in [-0.15, -0.1) is 0 Å². The first kappa shape index (κ1) is 32.4. The molecule has 0 heterocycles. The van der Waals surface area contributed by atoms with Crippen molar-refractivity contribution in [2.45, 2.75) is 51.1 Å². The molecular weight excluding hydrogens is 561 g/mol. The molecule has 0 aliphatic rings. The molecule has 3 aromatic carbocycles. The van der Waals surface area contributed by atoms with Crippen molar-refractivity contribution in [1.82, 2.24) is 10.2 Å². The van der Waals surface area contributed by atoms with Crippen molar-refractivity contribution in [2.24, 2.45) is 0 Å². The molecule has 0 spiro atoms. The molecule has 3 rings (SSSR count). The van der Waals surface area contributed by atoms with E-state index >= 15 is 0 Å². The molecule has 0 unspecified atom stereocenters. The fourth-order valence-electron chi connectivity index (χ4n) is 4.50. The zero-order valence-electron chi connectivity index (χ0n) is 24.6. The second kappa shape index (κ2) is 14.7. The van der Waals surface area contributed by atoms with Gasteiger partial charge >= 0.3 is 0 Å². The van der Waals surface area contributed by atoms with E-state index in [2.05, 4.69) is 5.32 Å². The van der Waals surface area contributed by atoms with Crippen LogP contribution in [-0.2, 0) is 26.2 Å². The fourth-order valence-corrected chi connectivity index (χ4v) is 5.93. The first-order valence-electron chi connectivity index (χ1n) is 13.7. The zero-order valence-corrected chi connectivity index (χ0v) is 25.4. The van der Waals surface area contributed by atoms with Gasteiger partial charge in [-0.25, -0.2) is 12.8 Å². The van der Waals surface area contributed by atoms with E-state index in [4.69, 9.17) is 9.47 Å². The number of methoxy groups -OCH3 is 2. The number of nitrogens with one attached hydrogen (secondary N) is 1. The fraction of sp³-hybridized carbons (Fsp3) is 0.355. The quantitative estimate of drug-likeness (QED) is 0.289. The van der Waals surface area contributed by atoms with Gasteiger partial charge in [0, 0.05) is 19.2 Å². The van der Waals surface area contributed by atoms with Gasteiger partial charge in [-0.2, -0.15) is 0 Å². The van der Waals surface area contributed by atoms with Crippen LogP contribution in [0.1, 0.15) is 37.8 Å². The zero-order chi connectivity index (χ0) is 30.9. The minimum atomic E-state index is -4.37. The van der Waals surface area contributed by atoms with E-state index in [-0.39, 0.29) is 28.8 Å². The topological polar surface area (TPSA) is 105 Å². The normalized spacial score (nSPS) is 11.9. The standard InChI is InChI=1S/C31H38FN3O6S/c1-6-18-33-31(37)27(7-2)34(20-23-11-9-8-10-22(23)3)30(36)21-35(25-14-12-24(32)13-15-25)42(38,39)26-16-17-28(40-4)29(19-26)41-5/h8-17,19,27H,6-7,18,20-21H2,1-5H3,(H,33,37)/t27-/m1/s1. The summed E-state index contributed by atoms with van der Waals surface area (Å²) in [5.74, 6) is -0.964. The molecule has 1 atom stereocenters. The summed E-state index contributed by atoms with van der Waals surface area (Å²) < 4.78 is 53.4. The molecule has 3 aromatic rings. The lowest BCUT2D eigenvalue weighted by Crippen LogP contribution is -2.52. The molecule has 9 nitrogen and oxygen atoms in total. The maximum Gasteiger partial charge on any atom is 0.264 e. The molecule has 11 heteroatoms. The first-order chi connectivity index (χ1) is 20.1. The van der Waals surface area contributed by atoms with Gasteiger partial charge in [-0.05, 0) is 67.3 Å². The molecule has 0 aliphatic carbocycles. The van der Waals surface area contributed by atoms with E-state index in [9.17, 15) is 22.4 Å². The van der Waals surface area contributed by atoms with Crippen LogP contribution in [-0.4, -0.2) is 58.5 Å². The summed E-state index contributed by atoms with van der Waals surface area (Å²) in [5, 5.41) is 2.86. The number of nitrogens with zero attached hydrogens (tertiary/aromatic N) is 2. The minimum absolute atomic E-state index is 0.0823. The molecule has 0 bridgehead atoms. The highest BCUT2D eigenvalue weighted by Gasteiger charge is 2.34.